The Morgan fingerprint density at radius 3 is 2.51 bits per heavy atom. The number of carbonyl (C=O) groups is 5. The van der Waals surface area contributed by atoms with Crippen LogP contribution in [0.25, 0.3) is 10.9 Å². The first-order valence-corrected chi connectivity index (χ1v) is 22.3. The molecule has 3 aromatic carbocycles. The lowest BCUT2D eigenvalue weighted by Gasteiger charge is -2.39. The Hall–Kier alpha value is -6.08. The van der Waals surface area contributed by atoms with Gasteiger partial charge >= 0.3 is 0 Å². The van der Waals surface area contributed by atoms with E-state index in [1.54, 1.807) is 18.2 Å². The van der Waals surface area contributed by atoms with Crippen LogP contribution in [0.1, 0.15) is 59.2 Å². The summed E-state index contributed by atoms with van der Waals surface area (Å²) >= 11 is 6.02. The van der Waals surface area contributed by atoms with Crippen LogP contribution in [0.3, 0.4) is 0 Å². The normalized spacial score (nSPS) is 23.9. The van der Waals surface area contributed by atoms with Crippen molar-refractivity contribution in [3.8, 4) is 5.75 Å². The molecule has 65 heavy (non-hydrogen) atoms. The number of rotatable bonds is 12. The van der Waals surface area contributed by atoms with Gasteiger partial charge in [0, 0.05) is 74.3 Å². The second-order valence-electron chi connectivity index (χ2n) is 17.5. The van der Waals surface area contributed by atoms with E-state index >= 15 is 4.39 Å². The molecule has 16 nitrogen and oxygen atoms in total. The summed E-state index contributed by atoms with van der Waals surface area (Å²) in [6, 6.07) is 9.54. The van der Waals surface area contributed by atoms with Gasteiger partial charge in [-0.05, 0) is 81.1 Å². The molecule has 1 aromatic heterocycles. The zero-order valence-electron chi connectivity index (χ0n) is 35.2. The Morgan fingerprint density at radius 2 is 1.77 bits per heavy atom. The molecule has 2 bridgehead atoms. The minimum atomic E-state index is -1.11. The predicted molar refractivity (Wildman–Crippen MR) is 235 cm³/mol. The molecular weight excluding hydrogens is 864 g/mol. The van der Waals surface area contributed by atoms with Crippen molar-refractivity contribution in [3.63, 3.8) is 0 Å². The number of carbonyl (C=O) groups excluding carboxylic acids is 5. The SMILES string of the molecule is O=C(/C=C/CN1CCC(CN2CC3CC2CN3c2cc3c(cc2F)C(=O)N(C2CCC(=O)NC2=O)C3=O)CC1)Nc1cc2c(Nc3ccc(F)c(Cl)c3)ncnc2cc1OC1CCOC1. The fourth-order valence-corrected chi connectivity index (χ4v) is 10.2. The lowest BCUT2D eigenvalue weighted by Crippen LogP contribution is -2.54. The average molecular weight is 910 g/mol. The average Bonchev–Trinajstić information content (AvgIpc) is 4.09. The Labute approximate surface area is 377 Å². The van der Waals surface area contributed by atoms with E-state index in [2.05, 4.69) is 35.7 Å². The van der Waals surface area contributed by atoms with Gasteiger partial charge in [-0.25, -0.2) is 18.7 Å². The van der Waals surface area contributed by atoms with E-state index in [0.29, 0.717) is 72.5 Å². The van der Waals surface area contributed by atoms with E-state index in [9.17, 15) is 28.4 Å². The second kappa shape index (κ2) is 17.7. The van der Waals surface area contributed by atoms with E-state index in [4.69, 9.17) is 21.1 Å². The largest absolute Gasteiger partial charge is 0.486 e. The molecule has 4 atom stereocenters. The molecule has 0 aliphatic carbocycles. The first-order valence-electron chi connectivity index (χ1n) is 22.0. The van der Waals surface area contributed by atoms with Crippen molar-refractivity contribution in [3.05, 3.63) is 88.7 Å². The summed E-state index contributed by atoms with van der Waals surface area (Å²) in [4.78, 5) is 80.7. The van der Waals surface area contributed by atoms with Gasteiger partial charge in [-0.2, -0.15) is 0 Å². The third-order valence-corrected chi connectivity index (χ3v) is 13.7. The van der Waals surface area contributed by atoms with Gasteiger partial charge in [-0.3, -0.25) is 44.0 Å². The van der Waals surface area contributed by atoms with Crippen molar-refractivity contribution >= 4 is 74.9 Å². The number of imide groups is 2. The minimum absolute atomic E-state index is 0.00899. The third kappa shape index (κ3) is 8.62. The number of aromatic nitrogens is 2. The van der Waals surface area contributed by atoms with Gasteiger partial charge in [0.15, 0.2) is 0 Å². The molecular formula is C46H46ClF2N9O7. The third-order valence-electron chi connectivity index (χ3n) is 13.4. The molecule has 10 rings (SSSR count). The molecule has 5 amide bonds. The predicted octanol–water partition coefficient (Wildman–Crippen LogP) is 5.04. The minimum Gasteiger partial charge on any atom is -0.486 e. The zero-order valence-corrected chi connectivity index (χ0v) is 36.0. The maximum Gasteiger partial charge on any atom is 0.262 e. The standard InChI is InChI=1S/C46H46ClF2N9O7/c47-33-14-26(3-4-34(33)48)52-43-32-17-37(40(19-36(32)50-24-51-43)65-29-9-13-64-23-29)53-41(59)2-1-10-55-11-7-25(8-12-55)20-56-21-28-15-27(56)22-57(28)39-18-31-30(16-35(39)49)45(62)58(46(31)63)38-5-6-42(60)54-44(38)61/h1-4,14,16-19,24-25,27-29,38H,5-13,15,20-23H2,(H,53,59)(H,50,51,52)(H,54,60,61)/b2-1+. The second-order valence-corrected chi connectivity index (χ2v) is 17.9. The van der Waals surface area contributed by atoms with Crippen LogP contribution in [0.4, 0.5) is 31.7 Å². The summed E-state index contributed by atoms with van der Waals surface area (Å²) in [5.74, 6) is -2.59. The molecule has 3 N–H and O–H groups in total. The molecule has 6 aliphatic heterocycles. The van der Waals surface area contributed by atoms with Crippen LogP contribution < -0.4 is 25.6 Å². The molecule has 4 aromatic rings. The zero-order chi connectivity index (χ0) is 44.9. The number of ether oxygens (including phenoxy) is 2. The lowest BCUT2D eigenvalue weighted by atomic mass is 9.95. The van der Waals surface area contributed by atoms with Crippen LogP contribution in [-0.4, -0.2) is 131 Å². The monoisotopic (exact) mass is 909 g/mol. The Kier molecular flexibility index (Phi) is 11.7. The highest BCUT2D eigenvalue weighted by Gasteiger charge is 2.48. The molecule has 5 fully saturated rings. The molecule has 0 radical (unpaired) electrons. The lowest BCUT2D eigenvalue weighted by molar-refractivity contribution is -0.136. The highest BCUT2D eigenvalue weighted by molar-refractivity contribution is 6.31. The van der Waals surface area contributed by atoms with Gasteiger partial charge in [-0.1, -0.05) is 17.7 Å². The summed E-state index contributed by atoms with van der Waals surface area (Å²) in [5.41, 5.74) is 1.84. The maximum absolute atomic E-state index is 15.7. The number of hydrogen-bond acceptors (Lipinski definition) is 13. The van der Waals surface area contributed by atoms with Crippen LogP contribution in [0.15, 0.2) is 60.9 Å². The van der Waals surface area contributed by atoms with Gasteiger partial charge in [0.25, 0.3) is 11.8 Å². The van der Waals surface area contributed by atoms with Gasteiger partial charge in [0.2, 0.25) is 17.7 Å². The number of halogens is 3. The highest BCUT2D eigenvalue weighted by atomic mass is 35.5. The number of amides is 5. The molecule has 5 saturated heterocycles. The fraction of sp³-hybridized carbons (Fsp3) is 0.413. The van der Waals surface area contributed by atoms with E-state index in [1.165, 1.54) is 30.6 Å². The number of benzene rings is 3. The quantitative estimate of drug-likeness (QED) is 0.127. The first kappa shape index (κ1) is 42.8. The highest BCUT2D eigenvalue weighted by Crippen LogP contribution is 2.40. The Morgan fingerprint density at radius 1 is 0.954 bits per heavy atom. The molecule has 19 heteroatoms. The van der Waals surface area contributed by atoms with E-state index in [1.807, 2.05) is 11.0 Å². The maximum atomic E-state index is 15.7. The van der Waals surface area contributed by atoms with E-state index < -0.39 is 41.3 Å². The molecule has 7 heterocycles. The number of nitrogens with zero attached hydrogens (tertiary/aromatic N) is 6. The van der Waals surface area contributed by atoms with E-state index in [0.717, 1.165) is 56.4 Å². The summed E-state index contributed by atoms with van der Waals surface area (Å²) in [7, 11) is 0. The van der Waals surface area contributed by atoms with Crippen molar-refractivity contribution in [1.82, 2.24) is 30.0 Å². The van der Waals surface area contributed by atoms with Crippen molar-refractivity contribution in [2.75, 3.05) is 68.0 Å². The van der Waals surface area contributed by atoms with Crippen LogP contribution in [0.5, 0.6) is 5.75 Å². The number of likely N-dealkylation sites (tertiary alicyclic amines) is 2. The molecule has 338 valence electrons. The van der Waals surface area contributed by atoms with Gasteiger partial charge < -0.3 is 25.0 Å². The van der Waals surface area contributed by atoms with Gasteiger partial charge in [-0.15, -0.1) is 0 Å². The molecule has 0 saturated carbocycles. The number of piperidine rings is 2. The summed E-state index contributed by atoms with van der Waals surface area (Å²) < 4.78 is 41.3. The van der Waals surface area contributed by atoms with Crippen molar-refractivity contribution in [1.29, 1.82) is 0 Å². The van der Waals surface area contributed by atoms with Crippen molar-refractivity contribution in [2.24, 2.45) is 5.92 Å². The fourth-order valence-electron chi connectivity index (χ4n) is 10.0. The van der Waals surface area contributed by atoms with Gasteiger partial charge in [0.1, 0.15) is 41.7 Å². The van der Waals surface area contributed by atoms with E-state index in [-0.39, 0.29) is 58.8 Å². The van der Waals surface area contributed by atoms with Crippen molar-refractivity contribution < 1.29 is 42.2 Å². The molecule has 0 spiro atoms. The number of anilines is 4. The summed E-state index contributed by atoms with van der Waals surface area (Å²) in [6.07, 6.45) is 8.25. The Bertz CT molecular complexity index is 2640. The van der Waals surface area contributed by atoms with Crippen LogP contribution in [0, 0.1) is 17.6 Å². The smallest absolute Gasteiger partial charge is 0.262 e. The van der Waals surface area contributed by atoms with Crippen LogP contribution in [-0.2, 0) is 19.1 Å². The number of hydrogen-bond donors (Lipinski definition) is 3. The first-order chi connectivity index (χ1) is 31.4. The number of fused-ring (bicyclic) bond motifs is 4. The Balaban J connectivity index is 0.723. The van der Waals surface area contributed by atoms with Crippen LogP contribution >= 0.6 is 11.6 Å². The summed E-state index contributed by atoms with van der Waals surface area (Å²) in [6.45, 7) is 5.70. The molecule has 6 aliphatic rings. The van der Waals surface area contributed by atoms with Gasteiger partial charge in [0.05, 0.1) is 46.3 Å². The van der Waals surface area contributed by atoms with Crippen LogP contribution in [0.2, 0.25) is 5.02 Å². The van der Waals surface area contributed by atoms with Crippen molar-refractivity contribution in [2.45, 2.75) is 62.8 Å². The topological polar surface area (TPSA) is 179 Å². The molecule has 4 unspecified atom stereocenters. The number of piperazine rings is 1. The summed E-state index contributed by atoms with van der Waals surface area (Å²) in [5, 5.41) is 8.92. The number of nitrogens with one attached hydrogen (secondary N) is 3.